The second-order valence-corrected chi connectivity index (χ2v) is 9.48. The molecule has 0 saturated heterocycles. The molecule has 1 N–H and O–H groups in total. The zero-order valence-electron chi connectivity index (χ0n) is 20.0. The van der Waals surface area contributed by atoms with E-state index in [-0.39, 0.29) is 17.6 Å². The molecule has 6 rings (SSSR count). The van der Waals surface area contributed by atoms with Crippen LogP contribution in [0.2, 0.25) is 0 Å². The largest absolute Gasteiger partial charge is 0.494 e. The van der Waals surface area contributed by atoms with E-state index in [4.69, 9.17) is 4.74 Å². The van der Waals surface area contributed by atoms with Crippen molar-refractivity contribution in [3.8, 4) is 5.75 Å². The van der Waals surface area contributed by atoms with Crippen molar-refractivity contribution in [3.05, 3.63) is 75.8 Å². The Hall–Kier alpha value is -3.68. The molecule has 0 unspecified atom stereocenters. The lowest BCUT2D eigenvalue weighted by Crippen LogP contribution is -2.35. The number of tetrazole rings is 1. The number of ether oxygens (including phenoxy) is 1. The lowest BCUT2D eigenvalue weighted by atomic mass is 9.95. The maximum Gasteiger partial charge on any atom is 0.254 e. The quantitative estimate of drug-likeness (QED) is 0.444. The minimum Gasteiger partial charge on any atom is -0.494 e. The van der Waals surface area contributed by atoms with Gasteiger partial charge in [0.05, 0.1) is 12.6 Å². The van der Waals surface area contributed by atoms with Crippen LogP contribution in [0.4, 0.5) is 5.69 Å². The maximum absolute atomic E-state index is 13.5. The highest BCUT2D eigenvalue weighted by Gasteiger charge is 2.35. The van der Waals surface area contributed by atoms with Crippen molar-refractivity contribution in [3.63, 3.8) is 0 Å². The van der Waals surface area contributed by atoms with Crippen LogP contribution < -0.4 is 15.2 Å². The topological polar surface area (TPSA) is 88.9 Å². The number of H-pyrrole nitrogens is 1. The summed E-state index contributed by atoms with van der Waals surface area (Å²) in [5, 5.41) is 14.0. The van der Waals surface area contributed by atoms with E-state index >= 15 is 0 Å². The molecular weight excluding hydrogens is 440 g/mol. The van der Waals surface area contributed by atoms with Crippen LogP contribution in [-0.4, -0.2) is 38.3 Å². The summed E-state index contributed by atoms with van der Waals surface area (Å²) < 4.78 is 7.71. The molecular formula is C27H30N6O2. The molecule has 35 heavy (non-hydrogen) atoms. The average Bonchev–Trinajstić information content (AvgIpc) is 3.54. The first-order valence-electron chi connectivity index (χ1n) is 12.6. The molecule has 180 valence electrons. The molecule has 1 aliphatic heterocycles. The normalized spacial score (nSPS) is 17.0. The highest BCUT2D eigenvalue weighted by atomic mass is 16.5. The Labute approximate surface area is 203 Å². The molecule has 4 aromatic rings. The summed E-state index contributed by atoms with van der Waals surface area (Å²) >= 11 is 0. The van der Waals surface area contributed by atoms with E-state index in [9.17, 15) is 4.79 Å². The molecule has 8 heteroatoms. The minimum absolute atomic E-state index is 0.116. The molecule has 0 radical (unpaired) electrons. The van der Waals surface area contributed by atoms with E-state index in [2.05, 4.69) is 49.7 Å². The summed E-state index contributed by atoms with van der Waals surface area (Å²) in [4.78, 5) is 18.9. The second kappa shape index (κ2) is 9.17. The minimum atomic E-state index is -0.389. The third-order valence-electron chi connectivity index (χ3n) is 7.37. The van der Waals surface area contributed by atoms with Crippen LogP contribution in [0.1, 0.15) is 68.1 Å². The molecule has 1 saturated carbocycles. The number of benzene rings is 2. The Bertz CT molecular complexity index is 1400. The van der Waals surface area contributed by atoms with E-state index in [0.717, 1.165) is 54.0 Å². The lowest BCUT2D eigenvalue weighted by Gasteiger charge is -2.31. The first-order valence-corrected chi connectivity index (χ1v) is 12.6. The van der Waals surface area contributed by atoms with Gasteiger partial charge in [0.1, 0.15) is 11.8 Å². The zero-order chi connectivity index (χ0) is 23.8. The molecule has 2 aliphatic rings. The third-order valence-corrected chi connectivity index (χ3v) is 7.37. The molecule has 1 fully saturated rings. The van der Waals surface area contributed by atoms with Crippen molar-refractivity contribution in [1.29, 1.82) is 0 Å². The average molecular weight is 471 g/mol. The van der Waals surface area contributed by atoms with Gasteiger partial charge >= 0.3 is 0 Å². The van der Waals surface area contributed by atoms with Crippen LogP contribution in [0.5, 0.6) is 5.75 Å². The van der Waals surface area contributed by atoms with Gasteiger partial charge in [0, 0.05) is 28.7 Å². The van der Waals surface area contributed by atoms with Crippen molar-refractivity contribution in [1.82, 2.24) is 25.2 Å². The number of para-hydroxylation sites is 1. The van der Waals surface area contributed by atoms with Gasteiger partial charge < -0.3 is 14.6 Å². The number of aromatic nitrogens is 5. The van der Waals surface area contributed by atoms with E-state index in [1.807, 2.05) is 35.9 Å². The standard InChI is InChI=1S/C27H30N6O2/c1-2-35-21-12-13-23-19(16-21)17-22(27(34)28-23)25(32-15-14-18-8-6-7-11-24(18)32)26-29-30-31-33(26)20-9-4-3-5-10-20/h6-8,11-13,16-17,20,25H,2-5,9-10,14-15H2,1H3,(H,28,34)/t25-/m1/s1. The number of aromatic amines is 1. The van der Waals surface area contributed by atoms with Gasteiger partial charge in [-0.3, -0.25) is 4.79 Å². The van der Waals surface area contributed by atoms with Crippen molar-refractivity contribution >= 4 is 16.6 Å². The molecule has 0 bridgehead atoms. The fourth-order valence-electron chi connectivity index (χ4n) is 5.71. The fourth-order valence-corrected chi connectivity index (χ4v) is 5.71. The van der Waals surface area contributed by atoms with Crippen molar-refractivity contribution < 1.29 is 4.74 Å². The van der Waals surface area contributed by atoms with Gasteiger partial charge in [0.15, 0.2) is 5.82 Å². The zero-order valence-corrected chi connectivity index (χ0v) is 20.0. The smallest absolute Gasteiger partial charge is 0.254 e. The Balaban J connectivity index is 1.52. The van der Waals surface area contributed by atoms with Crippen LogP contribution >= 0.6 is 0 Å². The predicted octanol–water partition coefficient (Wildman–Crippen LogP) is 4.57. The predicted molar refractivity (Wildman–Crippen MR) is 135 cm³/mol. The summed E-state index contributed by atoms with van der Waals surface area (Å²) in [7, 11) is 0. The van der Waals surface area contributed by atoms with Crippen LogP contribution in [0, 0.1) is 0 Å². The third kappa shape index (κ3) is 3.96. The summed E-state index contributed by atoms with van der Waals surface area (Å²) in [5.74, 6) is 1.52. The Morgan fingerprint density at radius 2 is 1.97 bits per heavy atom. The van der Waals surface area contributed by atoms with Gasteiger partial charge in [-0.1, -0.05) is 37.5 Å². The number of hydrogen-bond donors (Lipinski definition) is 1. The number of rotatable bonds is 6. The molecule has 0 spiro atoms. The number of nitrogens with one attached hydrogen (secondary N) is 1. The second-order valence-electron chi connectivity index (χ2n) is 9.48. The number of fused-ring (bicyclic) bond motifs is 2. The Kier molecular flexibility index (Phi) is 5.72. The number of hydrogen-bond acceptors (Lipinski definition) is 6. The van der Waals surface area contributed by atoms with Gasteiger partial charge in [0.25, 0.3) is 5.56 Å². The fraction of sp³-hybridized carbons (Fsp3) is 0.407. The highest BCUT2D eigenvalue weighted by Crippen LogP contribution is 2.39. The van der Waals surface area contributed by atoms with E-state index in [1.54, 1.807) is 0 Å². The van der Waals surface area contributed by atoms with Gasteiger partial charge in [-0.05, 0) is 72.5 Å². The van der Waals surface area contributed by atoms with Gasteiger partial charge in [-0.15, -0.1) is 5.10 Å². The van der Waals surface area contributed by atoms with Crippen molar-refractivity contribution in [2.75, 3.05) is 18.1 Å². The Morgan fingerprint density at radius 3 is 2.83 bits per heavy atom. The van der Waals surface area contributed by atoms with Crippen LogP contribution in [-0.2, 0) is 6.42 Å². The molecule has 8 nitrogen and oxygen atoms in total. The molecule has 1 aliphatic carbocycles. The molecule has 0 amide bonds. The molecule has 3 heterocycles. The van der Waals surface area contributed by atoms with Gasteiger partial charge in [0.2, 0.25) is 0 Å². The first kappa shape index (κ1) is 21.8. The van der Waals surface area contributed by atoms with Crippen molar-refractivity contribution in [2.24, 2.45) is 0 Å². The number of pyridine rings is 1. The lowest BCUT2D eigenvalue weighted by molar-refractivity contribution is 0.313. The Morgan fingerprint density at radius 1 is 1.11 bits per heavy atom. The highest BCUT2D eigenvalue weighted by molar-refractivity contribution is 5.81. The van der Waals surface area contributed by atoms with Crippen LogP contribution in [0.25, 0.3) is 10.9 Å². The first-order chi connectivity index (χ1) is 17.2. The monoisotopic (exact) mass is 470 g/mol. The van der Waals surface area contributed by atoms with E-state index in [0.29, 0.717) is 12.2 Å². The van der Waals surface area contributed by atoms with Crippen LogP contribution in [0.3, 0.4) is 0 Å². The maximum atomic E-state index is 13.5. The summed E-state index contributed by atoms with van der Waals surface area (Å²) in [6.45, 7) is 3.36. The number of nitrogens with zero attached hydrogens (tertiary/aromatic N) is 5. The number of anilines is 1. The summed E-state index contributed by atoms with van der Waals surface area (Å²) in [5.41, 5.74) is 3.74. The molecule has 1 atom stereocenters. The van der Waals surface area contributed by atoms with Gasteiger partial charge in [-0.2, -0.15) is 0 Å². The van der Waals surface area contributed by atoms with E-state index in [1.165, 1.54) is 24.8 Å². The molecule has 2 aromatic carbocycles. The van der Waals surface area contributed by atoms with Crippen molar-refractivity contribution in [2.45, 2.75) is 57.5 Å². The van der Waals surface area contributed by atoms with E-state index < -0.39 is 0 Å². The summed E-state index contributed by atoms with van der Waals surface area (Å²) in [6, 6.07) is 16.1. The van der Waals surface area contributed by atoms with Gasteiger partial charge in [-0.25, -0.2) is 4.68 Å². The molecule has 2 aromatic heterocycles. The van der Waals surface area contributed by atoms with Crippen LogP contribution in [0.15, 0.2) is 53.3 Å². The summed E-state index contributed by atoms with van der Waals surface area (Å²) in [6.07, 6.45) is 6.66. The SMILES string of the molecule is CCOc1ccc2[nH]c(=O)c([C@H](c3nnnn3C3CCCCC3)N3CCc4ccccc43)cc2c1.